The Balaban J connectivity index is 1.74. The van der Waals surface area contributed by atoms with Crippen LogP contribution in [0.25, 0.3) is 11.3 Å². The first kappa shape index (κ1) is 21.3. The van der Waals surface area contributed by atoms with Crippen molar-refractivity contribution in [1.29, 1.82) is 10.5 Å². The van der Waals surface area contributed by atoms with Crippen molar-refractivity contribution < 1.29 is 5.11 Å². The van der Waals surface area contributed by atoms with Crippen LogP contribution >= 0.6 is 0 Å². The molecule has 1 atom stereocenters. The molecule has 1 aliphatic rings. The Morgan fingerprint density at radius 2 is 2.03 bits per heavy atom. The number of benzene rings is 2. The summed E-state index contributed by atoms with van der Waals surface area (Å²) < 4.78 is 0. The SMILES string of the molecule is CCCc1ccc(C#N)cc1Nc1nccc(-c2cc(C#N)c3c(c2)[C@@](C)(CO)CN3)n1. The van der Waals surface area contributed by atoms with Gasteiger partial charge in [0.05, 0.1) is 35.2 Å². The van der Waals surface area contributed by atoms with Gasteiger partial charge in [-0.25, -0.2) is 9.97 Å². The van der Waals surface area contributed by atoms with E-state index in [0.717, 1.165) is 40.9 Å². The van der Waals surface area contributed by atoms with E-state index in [1.807, 2.05) is 31.2 Å². The van der Waals surface area contributed by atoms with Gasteiger partial charge >= 0.3 is 0 Å². The number of aliphatic hydroxyl groups excluding tert-OH is 1. The van der Waals surface area contributed by atoms with Crippen molar-refractivity contribution in [2.45, 2.75) is 32.1 Å². The molecule has 3 N–H and O–H groups in total. The lowest BCUT2D eigenvalue weighted by molar-refractivity contribution is 0.219. The quantitative estimate of drug-likeness (QED) is 0.541. The number of hydrogen-bond donors (Lipinski definition) is 3. The van der Waals surface area contributed by atoms with Gasteiger partial charge in [-0.05, 0) is 47.9 Å². The lowest BCUT2D eigenvalue weighted by atomic mass is 9.83. The van der Waals surface area contributed by atoms with Gasteiger partial charge in [-0.2, -0.15) is 10.5 Å². The highest BCUT2D eigenvalue weighted by Crippen LogP contribution is 2.41. The summed E-state index contributed by atoms with van der Waals surface area (Å²) in [6.45, 7) is 4.63. The van der Waals surface area contributed by atoms with Gasteiger partial charge in [-0.3, -0.25) is 0 Å². The van der Waals surface area contributed by atoms with Gasteiger partial charge in [0.15, 0.2) is 0 Å². The topological polar surface area (TPSA) is 118 Å². The molecule has 1 aliphatic heterocycles. The second-order valence-electron chi connectivity index (χ2n) is 8.25. The first-order valence-electron chi connectivity index (χ1n) is 10.6. The number of rotatable bonds is 6. The Morgan fingerprint density at radius 3 is 2.75 bits per heavy atom. The lowest BCUT2D eigenvalue weighted by Gasteiger charge is -2.21. The van der Waals surface area contributed by atoms with Crippen LogP contribution in [-0.4, -0.2) is 28.2 Å². The minimum atomic E-state index is -0.460. The zero-order chi connectivity index (χ0) is 22.7. The van der Waals surface area contributed by atoms with Gasteiger partial charge in [0, 0.05) is 29.4 Å². The monoisotopic (exact) mass is 424 g/mol. The highest BCUT2D eigenvalue weighted by molar-refractivity contribution is 5.76. The lowest BCUT2D eigenvalue weighted by Crippen LogP contribution is -2.28. The standard InChI is InChI=1S/C25H24N6O/c1-3-4-17-6-5-16(12-26)9-22(17)31-24-28-8-7-21(30-24)18-10-19(13-27)23-20(11-18)25(2,15-32)14-29-23/h5-11,29,32H,3-4,14-15H2,1-2H3,(H,28,30,31)/t25-/m1/s1. The molecule has 160 valence electrons. The van der Waals surface area contributed by atoms with E-state index in [0.29, 0.717) is 29.3 Å². The maximum Gasteiger partial charge on any atom is 0.227 e. The molecule has 0 unspecified atom stereocenters. The van der Waals surface area contributed by atoms with Gasteiger partial charge < -0.3 is 15.7 Å². The van der Waals surface area contributed by atoms with Gasteiger partial charge in [0.2, 0.25) is 5.95 Å². The van der Waals surface area contributed by atoms with Crippen LogP contribution in [0.5, 0.6) is 0 Å². The molecule has 32 heavy (non-hydrogen) atoms. The summed E-state index contributed by atoms with van der Waals surface area (Å²) in [6.07, 6.45) is 3.52. The number of aryl methyl sites for hydroxylation is 1. The molecule has 3 aromatic rings. The van der Waals surface area contributed by atoms with Crippen molar-refractivity contribution in [2.75, 3.05) is 23.8 Å². The Labute approximate surface area is 187 Å². The van der Waals surface area contributed by atoms with E-state index in [1.165, 1.54) is 0 Å². The predicted octanol–water partition coefficient (Wildman–Crippen LogP) is 4.26. The fraction of sp³-hybridized carbons (Fsp3) is 0.280. The number of fused-ring (bicyclic) bond motifs is 1. The summed E-state index contributed by atoms with van der Waals surface area (Å²) in [6, 6.07) is 15.6. The third-order valence-corrected chi connectivity index (χ3v) is 5.87. The Morgan fingerprint density at radius 1 is 1.19 bits per heavy atom. The summed E-state index contributed by atoms with van der Waals surface area (Å²) >= 11 is 0. The number of hydrogen-bond acceptors (Lipinski definition) is 7. The van der Waals surface area contributed by atoms with Crippen LogP contribution in [0.3, 0.4) is 0 Å². The van der Waals surface area contributed by atoms with Crippen molar-refractivity contribution in [1.82, 2.24) is 9.97 Å². The predicted molar refractivity (Wildman–Crippen MR) is 124 cm³/mol. The molecule has 0 radical (unpaired) electrons. The maximum atomic E-state index is 9.94. The van der Waals surface area contributed by atoms with Gasteiger partial charge in [0.1, 0.15) is 6.07 Å². The summed E-state index contributed by atoms with van der Waals surface area (Å²) in [4.78, 5) is 9.03. The Hall–Kier alpha value is -3.94. The highest BCUT2D eigenvalue weighted by Gasteiger charge is 2.35. The zero-order valence-corrected chi connectivity index (χ0v) is 18.1. The molecule has 0 spiro atoms. The molecular formula is C25H24N6O. The largest absolute Gasteiger partial charge is 0.395 e. The molecule has 0 fully saturated rings. The Bertz CT molecular complexity index is 1260. The highest BCUT2D eigenvalue weighted by atomic mass is 16.3. The van der Waals surface area contributed by atoms with Crippen LogP contribution < -0.4 is 10.6 Å². The number of aromatic nitrogens is 2. The normalized spacial score (nSPS) is 16.5. The van der Waals surface area contributed by atoms with E-state index in [-0.39, 0.29) is 6.61 Å². The van der Waals surface area contributed by atoms with Crippen molar-refractivity contribution >= 4 is 17.3 Å². The first-order chi connectivity index (χ1) is 15.5. The molecule has 2 heterocycles. The summed E-state index contributed by atoms with van der Waals surface area (Å²) in [7, 11) is 0. The average Bonchev–Trinajstić information content (AvgIpc) is 3.17. The molecular weight excluding hydrogens is 400 g/mol. The first-order valence-corrected chi connectivity index (χ1v) is 10.6. The fourth-order valence-electron chi connectivity index (χ4n) is 4.01. The zero-order valence-electron chi connectivity index (χ0n) is 18.1. The van der Waals surface area contributed by atoms with E-state index in [1.54, 1.807) is 18.3 Å². The van der Waals surface area contributed by atoms with E-state index >= 15 is 0 Å². The second-order valence-corrected chi connectivity index (χ2v) is 8.25. The van der Waals surface area contributed by atoms with Crippen LogP contribution in [0.2, 0.25) is 0 Å². The van der Waals surface area contributed by atoms with Crippen molar-refractivity contribution in [3.63, 3.8) is 0 Å². The smallest absolute Gasteiger partial charge is 0.227 e. The number of nitrogens with one attached hydrogen (secondary N) is 2. The van der Waals surface area contributed by atoms with Crippen molar-refractivity contribution in [2.24, 2.45) is 0 Å². The van der Waals surface area contributed by atoms with E-state index in [2.05, 4.69) is 39.7 Å². The summed E-state index contributed by atoms with van der Waals surface area (Å²) in [5.41, 5.74) is 5.67. The Kier molecular flexibility index (Phi) is 5.77. The molecule has 2 aromatic carbocycles. The number of nitrogens with zero attached hydrogens (tertiary/aromatic N) is 4. The van der Waals surface area contributed by atoms with Crippen molar-refractivity contribution in [3.05, 3.63) is 64.8 Å². The minimum absolute atomic E-state index is 0.0205. The molecule has 0 aliphatic carbocycles. The van der Waals surface area contributed by atoms with Gasteiger partial charge in [-0.15, -0.1) is 0 Å². The second kappa shape index (κ2) is 8.66. The van der Waals surface area contributed by atoms with Crippen LogP contribution in [-0.2, 0) is 11.8 Å². The maximum absolute atomic E-state index is 9.94. The average molecular weight is 425 g/mol. The summed E-state index contributed by atoms with van der Waals surface area (Å²) in [5.74, 6) is 0.414. The molecule has 0 saturated heterocycles. The third kappa shape index (κ3) is 3.87. The summed E-state index contributed by atoms with van der Waals surface area (Å²) in [5, 5.41) is 35.4. The molecule has 1 aromatic heterocycles. The molecule has 0 bridgehead atoms. The van der Waals surface area contributed by atoms with Crippen LogP contribution in [0.4, 0.5) is 17.3 Å². The molecule has 0 saturated carbocycles. The van der Waals surface area contributed by atoms with E-state index in [9.17, 15) is 15.6 Å². The molecule has 0 amide bonds. The molecule has 4 rings (SSSR count). The third-order valence-electron chi connectivity index (χ3n) is 5.87. The fourth-order valence-corrected chi connectivity index (χ4v) is 4.01. The van der Waals surface area contributed by atoms with Crippen LogP contribution in [0.15, 0.2) is 42.6 Å². The van der Waals surface area contributed by atoms with E-state index < -0.39 is 5.41 Å². The van der Waals surface area contributed by atoms with Gasteiger partial charge in [-0.1, -0.05) is 26.3 Å². The van der Waals surface area contributed by atoms with Crippen LogP contribution in [0.1, 0.15) is 42.5 Å². The minimum Gasteiger partial charge on any atom is -0.395 e. The number of anilines is 3. The van der Waals surface area contributed by atoms with Crippen molar-refractivity contribution in [3.8, 4) is 23.4 Å². The van der Waals surface area contributed by atoms with E-state index in [4.69, 9.17) is 0 Å². The van der Waals surface area contributed by atoms with Crippen LogP contribution in [0, 0.1) is 22.7 Å². The number of aliphatic hydroxyl groups is 1. The molecule has 7 nitrogen and oxygen atoms in total. The molecule has 7 heteroatoms. The number of nitriles is 2. The van der Waals surface area contributed by atoms with Gasteiger partial charge in [0.25, 0.3) is 0 Å².